The van der Waals surface area contributed by atoms with E-state index in [1.54, 1.807) is 34.7 Å². The number of nitrogens with two attached hydrogens (primary N) is 1. The first-order valence-corrected chi connectivity index (χ1v) is 4.29. The molecule has 0 saturated heterocycles. The Balaban J connectivity index is 3.01. The second-order valence-corrected chi connectivity index (χ2v) is 3.20. The Morgan fingerprint density at radius 1 is 1.08 bits per heavy atom. The van der Waals surface area contributed by atoms with Crippen LogP contribution in [-0.4, -0.2) is 9.70 Å². The summed E-state index contributed by atoms with van der Waals surface area (Å²) < 4.78 is -0.0522. The number of primary amides is 1. The molecule has 62 valence electrons. The van der Waals surface area contributed by atoms with Crippen LogP contribution in [0.25, 0.3) is 0 Å². The molecule has 0 aromatic heterocycles. The summed E-state index contributed by atoms with van der Waals surface area (Å²) in [6.07, 6.45) is 0. The van der Waals surface area contributed by atoms with Crippen molar-refractivity contribution < 1.29 is 9.59 Å². The maximum Gasteiger partial charge on any atom is 0.248 e. The SMILES string of the molecule is NC(=O)c1ccc(C(=O)I)cc1. The summed E-state index contributed by atoms with van der Waals surface area (Å²) in [5.74, 6) is -0.484. The van der Waals surface area contributed by atoms with Gasteiger partial charge in [-0.05, 0) is 24.3 Å². The maximum atomic E-state index is 10.8. The van der Waals surface area contributed by atoms with Gasteiger partial charge in [-0.1, -0.05) is 0 Å². The average Bonchev–Trinajstić information content (AvgIpc) is 2.04. The van der Waals surface area contributed by atoms with E-state index in [4.69, 9.17) is 5.73 Å². The number of halogens is 1. The lowest BCUT2D eigenvalue weighted by Crippen LogP contribution is -2.10. The molecule has 0 aliphatic rings. The molecule has 0 bridgehead atoms. The standard InChI is InChI=1S/C8H6INO2/c9-7(11)5-1-3-6(4-2-5)8(10)12/h1-4H,(H2,10,12). The Morgan fingerprint density at radius 3 is 1.83 bits per heavy atom. The quantitative estimate of drug-likeness (QED) is 0.654. The Morgan fingerprint density at radius 2 is 1.50 bits per heavy atom. The normalized spacial score (nSPS) is 9.42. The summed E-state index contributed by atoms with van der Waals surface area (Å²) in [6, 6.07) is 6.23. The van der Waals surface area contributed by atoms with Crippen LogP contribution in [0, 0.1) is 0 Å². The first-order chi connectivity index (χ1) is 5.61. The van der Waals surface area contributed by atoms with Gasteiger partial charge in [0.15, 0.2) is 0 Å². The molecule has 4 heteroatoms. The topological polar surface area (TPSA) is 60.2 Å². The maximum absolute atomic E-state index is 10.8. The largest absolute Gasteiger partial charge is 0.366 e. The molecule has 0 heterocycles. The number of rotatable bonds is 2. The minimum absolute atomic E-state index is 0.0522. The molecular formula is C8H6INO2. The molecule has 2 N–H and O–H groups in total. The van der Waals surface area contributed by atoms with Gasteiger partial charge in [0.05, 0.1) is 0 Å². The zero-order valence-corrected chi connectivity index (χ0v) is 8.24. The van der Waals surface area contributed by atoms with Gasteiger partial charge in [-0.2, -0.15) is 0 Å². The van der Waals surface area contributed by atoms with Crippen LogP contribution in [0.1, 0.15) is 20.7 Å². The molecule has 1 rings (SSSR count). The van der Waals surface area contributed by atoms with Gasteiger partial charge in [0.25, 0.3) is 0 Å². The number of amides is 1. The van der Waals surface area contributed by atoms with Gasteiger partial charge in [0.2, 0.25) is 9.70 Å². The molecule has 0 spiro atoms. The van der Waals surface area contributed by atoms with E-state index in [2.05, 4.69) is 0 Å². The van der Waals surface area contributed by atoms with Gasteiger partial charge in [-0.15, -0.1) is 0 Å². The van der Waals surface area contributed by atoms with Crippen LogP contribution in [-0.2, 0) is 0 Å². The molecular weight excluding hydrogens is 269 g/mol. The Hall–Kier alpha value is -0.910. The van der Waals surface area contributed by atoms with Crippen molar-refractivity contribution in [1.82, 2.24) is 0 Å². The van der Waals surface area contributed by atoms with Crippen molar-refractivity contribution in [2.75, 3.05) is 0 Å². The highest BCUT2D eigenvalue weighted by atomic mass is 127. The van der Waals surface area contributed by atoms with E-state index in [0.29, 0.717) is 11.1 Å². The minimum Gasteiger partial charge on any atom is -0.366 e. The molecule has 0 radical (unpaired) electrons. The summed E-state index contributed by atoms with van der Waals surface area (Å²) in [4.78, 5) is 21.4. The number of hydrogen-bond acceptors (Lipinski definition) is 2. The summed E-state index contributed by atoms with van der Waals surface area (Å²) in [6.45, 7) is 0. The predicted octanol–water partition coefficient (Wildman–Crippen LogP) is 1.36. The average molecular weight is 275 g/mol. The zero-order chi connectivity index (χ0) is 9.14. The molecule has 0 aliphatic carbocycles. The van der Waals surface area contributed by atoms with Crippen LogP contribution in [0.4, 0.5) is 0 Å². The fourth-order valence-electron chi connectivity index (χ4n) is 0.766. The Labute approximate surface area is 83.1 Å². The van der Waals surface area contributed by atoms with Crippen molar-refractivity contribution in [2.45, 2.75) is 0 Å². The van der Waals surface area contributed by atoms with Crippen molar-refractivity contribution in [2.24, 2.45) is 5.73 Å². The molecule has 0 aliphatic heterocycles. The third-order valence-electron chi connectivity index (χ3n) is 1.40. The highest BCUT2D eigenvalue weighted by Gasteiger charge is 2.02. The molecule has 0 saturated carbocycles. The summed E-state index contributed by atoms with van der Waals surface area (Å²) >= 11 is 1.68. The van der Waals surface area contributed by atoms with Gasteiger partial charge in [-0.25, -0.2) is 0 Å². The highest BCUT2D eigenvalue weighted by Crippen LogP contribution is 2.07. The third-order valence-corrected chi connectivity index (χ3v) is 2.02. The van der Waals surface area contributed by atoms with Crippen LogP contribution < -0.4 is 5.73 Å². The lowest BCUT2D eigenvalue weighted by atomic mass is 10.1. The van der Waals surface area contributed by atoms with Crippen LogP contribution >= 0.6 is 22.6 Å². The predicted molar refractivity (Wildman–Crippen MR) is 53.3 cm³/mol. The summed E-state index contributed by atoms with van der Waals surface area (Å²) in [5, 5.41) is 0. The molecule has 0 fully saturated rings. The fraction of sp³-hybridized carbons (Fsp3) is 0. The first kappa shape index (κ1) is 9.18. The summed E-state index contributed by atoms with van der Waals surface area (Å²) in [5.41, 5.74) is 6.00. The van der Waals surface area contributed by atoms with E-state index in [9.17, 15) is 9.59 Å². The summed E-state index contributed by atoms with van der Waals surface area (Å²) in [7, 11) is 0. The second-order valence-electron chi connectivity index (χ2n) is 2.22. The molecule has 0 atom stereocenters. The highest BCUT2D eigenvalue weighted by molar-refractivity contribution is 14.1. The van der Waals surface area contributed by atoms with E-state index in [-0.39, 0.29) is 3.79 Å². The number of benzene rings is 1. The molecule has 12 heavy (non-hydrogen) atoms. The van der Waals surface area contributed by atoms with E-state index in [1.807, 2.05) is 0 Å². The minimum atomic E-state index is -0.484. The van der Waals surface area contributed by atoms with Gasteiger partial charge in [0.1, 0.15) is 0 Å². The molecule has 0 unspecified atom stereocenters. The van der Waals surface area contributed by atoms with E-state index in [1.165, 1.54) is 12.1 Å². The zero-order valence-electron chi connectivity index (χ0n) is 6.08. The first-order valence-electron chi connectivity index (χ1n) is 3.21. The fourth-order valence-corrected chi connectivity index (χ4v) is 1.13. The molecule has 1 aromatic rings. The van der Waals surface area contributed by atoms with Crippen LogP contribution in [0.5, 0.6) is 0 Å². The van der Waals surface area contributed by atoms with Gasteiger partial charge >= 0.3 is 0 Å². The third kappa shape index (κ3) is 2.04. The van der Waals surface area contributed by atoms with E-state index in [0.717, 1.165) is 0 Å². The van der Waals surface area contributed by atoms with Crippen LogP contribution in [0.15, 0.2) is 24.3 Å². The smallest absolute Gasteiger partial charge is 0.248 e. The van der Waals surface area contributed by atoms with E-state index < -0.39 is 5.91 Å². The number of carbonyl (C=O) groups is 2. The van der Waals surface area contributed by atoms with Gasteiger partial charge in [-0.3, -0.25) is 9.59 Å². The number of hydrogen-bond donors (Lipinski definition) is 1. The molecule has 1 aromatic carbocycles. The lowest BCUT2D eigenvalue weighted by molar-refractivity contribution is 0.0999. The van der Waals surface area contributed by atoms with Crippen molar-refractivity contribution in [3.05, 3.63) is 35.4 Å². The van der Waals surface area contributed by atoms with Crippen molar-refractivity contribution >= 4 is 32.3 Å². The number of carbonyl (C=O) groups excluding carboxylic acids is 2. The molecule has 3 nitrogen and oxygen atoms in total. The lowest BCUT2D eigenvalue weighted by Gasteiger charge is -1.95. The Kier molecular flexibility index (Phi) is 2.80. The van der Waals surface area contributed by atoms with E-state index >= 15 is 0 Å². The van der Waals surface area contributed by atoms with Crippen molar-refractivity contribution in [1.29, 1.82) is 0 Å². The van der Waals surface area contributed by atoms with Crippen LogP contribution in [0.3, 0.4) is 0 Å². The van der Waals surface area contributed by atoms with Crippen molar-refractivity contribution in [3.63, 3.8) is 0 Å². The van der Waals surface area contributed by atoms with Gasteiger partial charge in [0, 0.05) is 33.7 Å². The monoisotopic (exact) mass is 275 g/mol. The van der Waals surface area contributed by atoms with Gasteiger partial charge < -0.3 is 5.73 Å². The second kappa shape index (κ2) is 3.66. The van der Waals surface area contributed by atoms with Crippen molar-refractivity contribution in [3.8, 4) is 0 Å². The molecule has 1 amide bonds. The Bertz CT molecular complexity index is 285. The van der Waals surface area contributed by atoms with Crippen LogP contribution in [0.2, 0.25) is 0 Å².